The fourth-order valence-electron chi connectivity index (χ4n) is 4.90. The minimum absolute atomic E-state index is 0.681. The molecule has 2 aromatic rings. The number of halogens is 2. The van der Waals surface area contributed by atoms with Crippen LogP contribution in [0.15, 0.2) is 69.1 Å². The van der Waals surface area contributed by atoms with Gasteiger partial charge in [0.15, 0.2) is 0 Å². The van der Waals surface area contributed by atoms with E-state index in [1.807, 2.05) is 12.3 Å². The quantitative estimate of drug-likeness (QED) is 0.0712. The van der Waals surface area contributed by atoms with E-state index in [9.17, 15) is 0 Å². The molecule has 3 rings (SSSR count). The molecule has 0 saturated heterocycles. The number of hydrazine groups is 3. The summed E-state index contributed by atoms with van der Waals surface area (Å²) in [6.45, 7) is 4.98. The highest BCUT2D eigenvalue weighted by Crippen LogP contribution is 2.27. The Labute approximate surface area is 293 Å². The summed E-state index contributed by atoms with van der Waals surface area (Å²) in [7, 11) is 8.29. The summed E-state index contributed by atoms with van der Waals surface area (Å²) in [5.41, 5.74) is 17.3. The van der Waals surface area contributed by atoms with Gasteiger partial charge in [-0.1, -0.05) is 12.1 Å². The lowest BCUT2D eigenvalue weighted by molar-refractivity contribution is 0.273. The molecule has 12 heteroatoms. The van der Waals surface area contributed by atoms with Crippen molar-refractivity contribution >= 4 is 31.9 Å². The van der Waals surface area contributed by atoms with Gasteiger partial charge in [0.25, 0.3) is 0 Å². The van der Waals surface area contributed by atoms with Gasteiger partial charge in [-0.15, -0.1) is 5.53 Å². The van der Waals surface area contributed by atoms with E-state index in [0.29, 0.717) is 19.8 Å². The minimum atomic E-state index is 0.681. The molecular formula is C34H54Br2N8O2. The third-order valence-electron chi connectivity index (χ3n) is 7.47. The number of benzene rings is 2. The number of hydrogen-bond acceptors (Lipinski definition) is 10. The molecule has 256 valence electrons. The van der Waals surface area contributed by atoms with Gasteiger partial charge in [-0.2, -0.15) is 0 Å². The van der Waals surface area contributed by atoms with Crippen molar-refractivity contribution in [2.45, 2.75) is 51.4 Å². The first-order valence-electron chi connectivity index (χ1n) is 16.2. The molecule has 46 heavy (non-hydrogen) atoms. The van der Waals surface area contributed by atoms with E-state index in [4.69, 9.17) is 21.1 Å². The Kier molecular flexibility index (Phi) is 17.1. The van der Waals surface area contributed by atoms with Crippen LogP contribution in [0.5, 0.6) is 11.5 Å². The van der Waals surface area contributed by atoms with Crippen molar-refractivity contribution in [1.29, 1.82) is 0 Å². The van der Waals surface area contributed by atoms with Crippen molar-refractivity contribution in [2.24, 2.45) is 11.6 Å². The average Bonchev–Trinajstić information content (AvgIpc) is 3.46. The van der Waals surface area contributed by atoms with E-state index < -0.39 is 0 Å². The topological polar surface area (TPSA) is 108 Å². The number of hydrogen-bond donors (Lipinski definition) is 4. The molecule has 0 bridgehead atoms. The van der Waals surface area contributed by atoms with Gasteiger partial charge in [0.1, 0.15) is 11.5 Å². The van der Waals surface area contributed by atoms with Crippen molar-refractivity contribution < 1.29 is 9.47 Å². The standard InChI is InChI=1S/C34H54Br2N8O2/c1-41(2)17-7-21-45-33-13-11-27(23-31(33)35)15-19-43(38)25-29(37)9-5-6-10-30-26-44(40-39-30)20-16-28-12-14-34(32(36)24-28)46-22-8-18-42(3)4/h11-14,23-26,39-40H,5-10,15-22,37-38H2,1-4H3/b29-25-. The van der Waals surface area contributed by atoms with Crippen LogP contribution < -0.4 is 32.0 Å². The largest absolute Gasteiger partial charge is 0.492 e. The first-order chi connectivity index (χ1) is 22.1. The molecule has 0 atom stereocenters. The molecule has 0 radical (unpaired) electrons. The second kappa shape index (κ2) is 20.7. The number of nitrogens with two attached hydrogens (primary N) is 2. The summed E-state index contributed by atoms with van der Waals surface area (Å²) < 4.78 is 13.8. The van der Waals surface area contributed by atoms with Gasteiger partial charge < -0.3 is 35.4 Å². The Bertz CT molecular complexity index is 1260. The fraction of sp³-hybridized carbons (Fsp3) is 0.529. The third kappa shape index (κ3) is 15.0. The Morgan fingerprint density at radius 3 is 1.96 bits per heavy atom. The van der Waals surface area contributed by atoms with Crippen LogP contribution in [0, 0.1) is 0 Å². The molecule has 0 aromatic heterocycles. The zero-order chi connectivity index (χ0) is 33.3. The molecule has 1 aliphatic rings. The highest BCUT2D eigenvalue weighted by atomic mass is 79.9. The van der Waals surface area contributed by atoms with Gasteiger partial charge in [0.05, 0.1) is 22.2 Å². The highest BCUT2D eigenvalue weighted by Gasteiger charge is 2.12. The molecule has 0 fully saturated rings. The Morgan fingerprint density at radius 1 is 0.804 bits per heavy atom. The van der Waals surface area contributed by atoms with Crippen LogP contribution in [0.4, 0.5) is 0 Å². The number of unbranched alkanes of at least 4 members (excludes halogenated alkanes) is 1. The molecular weight excluding hydrogens is 712 g/mol. The average molecular weight is 767 g/mol. The van der Waals surface area contributed by atoms with E-state index in [2.05, 4.69) is 122 Å². The predicted octanol–water partition coefficient (Wildman–Crippen LogP) is 5.36. The SMILES string of the molecule is CN(C)CCCOc1ccc(CCN(N)/C=C(\N)CCCCC2=CN(CCc3ccc(OCCCN(C)C)c(Br)c3)NN2)cc1Br. The predicted molar refractivity (Wildman–Crippen MR) is 196 cm³/mol. The maximum Gasteiger partial charge on any atom is 0.133 e. The van der Waals surface area contributed by atoms with Crippen molar-refractivity contribution in [1.82, 2.24) is 30.8 Å². The van der Waals surface area contributed by atoms with Gasteiger partial charge in [0, 0.05) is 50.0 Å². The van der Waals surface area contributed by atoms with E-state index in [-0.39, 0.29) is 0 Å². The van der Waals surface area contributed by atoms with Crippen molar-refractivity contribution in [3.63, 3.8) is 0 Å². The zero-order valence-corrected chi connectivity index (χ0v) is 31.2. The summed E-state index contributed by atoms with van der Waals surface area (Å²) in [5, 5.41) is 3.78. The van der Waals surface area contributed by atoms with Crippen LogP contribution >= 0.6 is 31.9 Å². The smallest absolute Gasteiger partial charge is 0.133 e. The summed E-state index contributed by atoms with van der Waals surface area (Å²) >= 11 is 7.30. The molecule has 0 aliphatic carbocycles. The van der Waals surface area contributed by atoms with Crippen LogP contribution in [-0.4, -0.2) is 87.4 Å². The lowest BCUT2D eigenvalue weighted by Gasteiger charge is -2.16. The number of rotatable bonds is 22. The van der Waals surface area contributed by atoms with E-state index >= 15 is 0 Å². The first-order valence-corrected chi connectivity index (χ1v) is 17.8. The van der Waals surface area contributed by atoms with Gasteiger partial charge in [-0.25, -0.2) is 5.84 Å². The number of ether oxygens (including phenoxy) is 2. The van der Waals surface area contributed by atoms with Crippen LogP contribution in [-0.2, 0) is 12.8 Å². The maximum absolute atomic E-state index is 6.28. The zero-order valence-electron chi connectivity index (χ0n) is 28.0. The van der Waals surface area contributed by atoms with Crippen LogP contribution in [0.25, 0.3) is 0 Å². The summed E-state index contributed by atoms with van der Waals surface area (Å²) in [6.07, 6.45) is 11.5. The van der Waals surface area contributed by atoms with Crippen molar-refractivity contribution in [2.75, 3.05) is 67.6 Å². The molecule has 1 heterocycles. The van der Waals surface area contributed by atoms with E-state index in [1.165, 1.54) is 16.8 Å². The molecule has 0 saturated carbocycles. The van der Waals surface area contributed by atoms with Crippen molar-refractivity contribution in [3.8, 4) is 11.5 Å². The van der Waals surface area contributed by atoms with Crippen LogP contribution in [0.3, 0.4) is 0 Å². The van der Waals surface area contributed by atoms with Crippen LogP contribution in [0.2, 0.25) is 0 Å². The monoisotopic (exact) mass is 764 g/mol. The molecule has 6 N–H and O–H groups in total. The minimum Gasteiger partial charge on any atom is -0.492 e. The van der Waals surface area contributed by atoms with Crippen LogP contribution in [0.1, 0.15) is 49.7 Å². The molecule has 0 unspecified atom stereocenters. The van der Waals surface area contributed by atoms with Gasteiger partial charge in [-0.3, -0.25) is 5.01 Å². The number of nitrogens with one attached hydrogen (secondary N) is 2. The Morgan fingerprint density at radius 2 is 1.39 bits per heavy atom. The van der Waals surface area contributed by atoms with Gasteiger partial charge in [0.2, 0.25) is 0 Å². The molecule has 1 aliphatic heterocycles. The van der Waals surface area contributed by atoms with E-state index in [0.717, 1.165) is 97.1 Å². The van der Waals surface area contributed by atoms with Crippen molar-refractivity contribution in [3.05, 3.63) is 80.3 Å². The first kappa shape index (κ1) is 38.0. The second-order valence-corrected chi connectivity index (χ2v) is 14.0. The van der Waals surface area contributed by atoms with E-state index in [1.54, 1.807) is 5.01 Å². The molecule has 2 aromatic carbocycles. The third-order valence-corrected chi connectivity index (χ3v) is 8.71. The lowest BCUT2D eigenvalue weighted by atomic mass is 10.1. The Balaban J connectivity index is 1.29. The molecule has 0 spiro atoms. The summed E-state index contributed by atoms with van der Waals surface area (Å²) in [6, 6.07) is 12.6. The second-order valence-electron chi connectivity index (χ2n) is 12.3. The summed E-state index contributed by atoms with van der Waals surface area (Å²) in [4.78, 5) is 4.33. The molecule has 0 amide bonds. The highest BCUT2D eigenvalue weighted by molar-refractivity contribution is 9.10. The fourth-order valence-corrected chi connectivity index (χ4v) is 5.98. The summed E-state index contributed by atoms with van der Waals surface area (Å²) in [5.74, 6) is 7.99. The lowest BCUT2D eigenvalue weighted by Crippen LogP contribution is -2.37. The maximum atomic E-state index is 6.28. The van der Waals surface area contributed by atoms with Gasteiger partial charge >= 0.3 is 0 Å². The number of allylic oxidation sites excluding steroid dienone is 2. The van der Waals surface area contributed by atoms with Gasteiger partial charge in [-0.05, 0) is 147 Å². The molecule has 10 nitrogen and oxygen atoms in total. The number of nitrogens with zero attached hydrogens (tertiary/aromatic N) is 4. The Hall–Kier alpha value is -2.48. The normalized spacial score (nSPS) is 13.4.